The summed E-state index contributed by atoms with van der Waals surface area (Å²) in [6.07, 6.45) is 1.05. The predicted molar refractivity (Wildman–Crippen MR) is 62.6 cm³/mol. The van der Waals surface area contributed by atoms with Gasteiger partial charge < -0.3 is 15.0 Å². The maximum atomic E-state index is 13.7. The van der Waals surface area contributed by atoms with Gasteiger partial charge in [0.2, 0.25) is 0 Å². The number of benzene rings is 1. The van der Waals surface area contributed by atoms with E-state index in [2.05, 4.69) is 10.2 Å². The second kappa shape index (κ2) is 4.70. The summed E-state index contributed by atoms with van der Waals surface area (Å²) in [5, 5.41) is 3.22. The van der Waals surface area contributed by atoms with Crippen molar-refractivity contribution in [3.8, 4) is 5.75 Å². The highest BCUT2D eigenvalue weighted by molar-refractivity contribution is 5.53. The van der Waals surface area contributed by atoms with Gasteiger partial charge in [-0.1, -0.05) is 0 Å². The molecule has 1 aromatic rings. The topological polar surface area (TPSA) is 24.5 Å². The molecule has 16 heavy (non-hydrogen) atoms. The van der Waals surface area contributed by atoms with E-state index >= 15 is 0 Å². The van der Waals surface area contributed by atoms with E-state index in [4.69, 9.17) is 4.74 Å². The Morgan fingerprint density at radius 3 is 2.94 bits per heavy atom. The van der Waals surface area contributed by atoms with Crippen molar-refractivity contribution in [3.63, 3.8) is 0 Å². The van der Waals surface area contributed by atoms with Crippen LogP contribution in [0, 0.1) is 5.82 Å². The molecule has 1 aromatic carbocycles. The van der Waals surface area contributed by atoms with Crippen LogP contribution in [0.1, 0.15) is 6.42 Å². The van der Waals surface area contributed by atoms with Gasteiger partial charge in [-0.2, -0.15) is 0 Å². The van der Waals surface area contributed by atoms with Gasteiger partial charge in [0.05, 0.1) is 12.8 Å². The molecule has 1 aliphatic heterocycles. The van der Waals surface area contributed by atoms with E-state index in [0.29, 0.717) is 17.5 Å². The Labute approximate surface area is 95.2 Å². The van der Waals surface area contributed by atoms with Crippen molar-refractivity contribution in [2.45, 2.75) is 12.5 Å². The Morgan fingerprint density at radius 2 is 2.31 bits per heavy atom. The van der Waals surface area contributed by atoms with Crippen LogP contribution in [0.4, 0.5) is 10.1 Å². The Morgan fingerprint density at radius 1 is 1.50 bits per heavy atom. The quantitative estimate of drug-likeness (QED) is 0.844. The van der Waals surface area contributed by atoms with E-state index in [1.165, 1.54) is 6.07 Å². The van der Waals surface area contributed by atoms with Crippen molar-refractivity contribution >= 4 is 5.69 Å². The van der Waals surface area contributed by atoms with Crippen molar-refractivity contribution in [1.29, 1.82) is 0 Å². The fraction of sp³-hybridized carbons (Fsp3) is 0.500. The number of halogens is 1. The SMILES string of the molecule is CNC1CCN(c2cc(OC)ccc2F)C1. The Balaban J connectivity index is 2.20. The molecule has 1 fully saturated rings. The van der Waals surface area contributed by atoms with E-state index in [0.717, 1.165) is 19.5 Å². The first-order valence-electron chi connectivity index (χ1n) is 5.50. The summed E-state index contributed by atoms with van der Waals surface area (Å²) in [7, 11) is 3.54. The van der Waals surface area contributed by atoms with Gasteiger partial charge in [0.25, 0.3) is 0 Å². The first kappa shape index (κ1) is 11.2. The van der Waals surface area contributed by atoms with Gasteiger partial charge in [-0.25, -0.2) is 4.39 Å². The summed E-state index contributed by atoms with van der Waals surface area (Å²) in [4.78, 5) is 2.05. The van der Waals surface area contributed by atoms with Crippen LogP contribution in [-0.2, 0) is 0 Å². The maximum Gasteiger partial charge on any atom is 0.146 e. The molecule has 0 bridgehead atoms. The van der Waals surface area contributed by atoms with Crippen LogP contribution in [-0.4, -0.2) is 33.3 Å². The van der Waals surface area contributed by atoms with Crippen LogP contribution in [0.5, 0.6) is 5.75 Å². The normalized spacial score (nSPS) is 20.2. The second-order valence-corrected chi connectivity index (χ2v) is 4.04. The number of rotatable bonds is 3. The fourth-order valence-electron chi connectivity index (χ4n) is 2.08. The average Bonchev–Trinajstić information content (AvgIpc) is 2.78. The molecule has 88 valence electrons. The predicted octanol–water partition coefficient (Wildman–Crippen LogP) is 1.63. The smallest absolute Gasteiger partial charge is 0.146 e. The Bertz CT molecular complexity index is 370. The standard InChI is InChI=1S/C12H17FN2O/c1-14-9-5-6-15(8-9)12-7-10(16-2)3-4-11(12)13/h3-4,7,9,14H,5-6,8H2,1-2H3. The molecule has 0 spiro atoms. The molecular weight excluding hydrogens is 207 g/mol. The van der Waals surface area contributed by atoms with E-state index in [1.807, 2.05) is 7.05 Å². The third kappa shape index (κ3) is 2.11. The zero-order chi connectivity index (χ0) is 11.5. The number of nitrogens with zero attached hydrogens (tertiary/aromatic N) is 1. The van der Waals surface area contributed by atoms with Crippen molar-refractivity contribution in [1.82, 2.24) is 5.32 Å². The van der Waals surface area contributed by atoms with E-state index in [9.17, 15) is 4.39 Å². The third-order valence-electron chi connectivity index (χ3n) is 3.09. The van der Waals surface area contributed by atoms with Gasteiger partial charge in [-0.15, -0.1) is 0 Å². The molecule has 0 aromatic heterocycles. The molecule has 1 atom stereocenters. The number of likely N-dealkylation sites (N-methyl/N-ethyl adjacent to an activating group) is 1. The van der Waals surface area contributed by atoms with Crippen molar-refractivity contribution in [2.24, 2.45) is 0 Å². The van der Waals surface area contributed by atoms with Gasteiger partial charge >= 0.3 is 0 Å². The Kier molecular flexibility index (Phi) is 3.29. The maximum absolute atomic E-state index is 13.7. The van der Waals surface area contributed by atoms with Gasteiger partial charge in [0.15, 0.2) is 0 Å². The number of nitrogens with one attached hydrogen (secondary N) is 1. The lowest BCUT2D eigenvalue weighted by atomic mass is 10.2. The second-order valence-electron chi connectivity index (χ2n) is 4.04. The van der Waals surface area contributed by atoms with Crippen molar-refractivity contribution in [3.05, 3.63) is 24.0 Å². The molecule has 1 aliphatic rings. The minimum absolute atomic E-state index is 0.183. The first-order chi connectivity index (χ1) is 7.74. The van der Waals surface area contributed by atoms with Crippen LogP contribution in [0.15, 0.2) is 18.2 Å². The van der Waals surface area contributed by atoms with E-state index < -0.39 is 0 Å². The molecule has 1 saturated heterocycles. The van der Waals surface area contributed by atoms with Gasteiger partial charge in [-0.3, -0.25) is 0 Å². The summed E-state index contributed by atoms with van der Waals surface area (Å²) in [5.74, 6) is 0.516. The van der Waals surface area contributed by atoms with Crippen molar-refractivity contribution in [2.75, 3.05) is 32.1 Å². The minimum Gasteiger partial charge on any atom is -0.497 e. The largest absolute Gasteiger partial charge is 0.497 e. The molecule has 3 nitrogen and oxygen atoms in total. The van der Waals surface area contributed by atoms with Crippen LogP contribution >= 0.6 is 0 Å². The Hall–Kier alpha value is -1.29. The van der Waals surface area contributed by atoms with Gasteiger partial charge in [0, 0.05) is 25.2 Å². The summed E-state index contributed by atoms with van der Waals surface area (Å²) < 4.78 is 18.8. The van der Waals surface area contributed by atoms with Crippen LogP contribution in [0.25, 0.3) is 0 Å². The number of anilines is 1. The molecule has 0 amide bonds. The molecule has 1 N–H and O–H groups in total. The lowest BCUT2D eigenvalue weighted by molar-refractivity contribution is 0.413. The lowest BCUT2D eigenvalue weighted by Gasteiger charge is -2.19. The summed E-state index contributed by atoms with van der Waals surface area (Å²) >= 11 is 0. The highest BCUT2D eigenvalue weighted by Crippen LogP contribution is 2.27. The average molecular weight is 224 g/mol. The highest BCUT2D eigenvalue weighted by atomic mass is 19.1. The number of hydrogen-bond donors (Lipinski definition) is 1. The zero-order valence-electron chi connectivity index (χ0n) is 9.66. The highest BCUT2D eigenvalue weighted by Gasteiger charge is 2.23. The first-order valence-corrected chi connectivity index (χ1v) is 5.50. The molecular formula is C12H17FN2O. The summed E-state index contributed by atoms with van der Waals surface area (Å²) in [5.41, 5.74) is 0.636. The molecule has 1 unspecified atom stereocenters. The number of hydrogen-bond acceptors (Lipinski definition) is 3. The monoisotopic (exact) mass is 224 g/mol. The fourth-order valence-corrected chi connectivity index (χ4v) is 2.08. The summed E-state index contributed by atoms with van der Waals surface area (Å²) in [6, 6.07) is 5.31. The van der Waals surface area contributed by atoms with Crippen LogP contribution < -0.4 is 15.0 Å². The van der Waals surface area contributed by atoms with Crippen LogP contribution in [0.2, 0.25) is 0 Å². The lowest BCUT2D eigenvalue weighted by Crippen LogP contribution is -2.29. The van der Waals surface area contributed by atoms with E-state index in [-0.39, 0.29) is 5.82 Å². The number of ether oxygens (including phenoxy) is 1. The molecule has 1 heterocycles. The van der Waals surface area contributed by atoms with Crippen molar-refractivity contribution < 1.29 is 9.13 Å². The van der Waals surface area contributed by atoms with E-state index in [1.54, 1.807) is 19.2 Å². The molecule has 2 rings (SSSR count). The zero-order valence-corrected chi connectivity index (χ0v) is 9.66. The minimum atomic E-state index is -0.183. The van der Waals surface area contributed by atoms with Crippen LogP contribution in [0.3, 0.4) is 0 Å². The van der Waals surface area contributed by atoms with Gasteiger partial charge in [0.1, 0.15) is 11.6 Å². The summed E-state index contributed by atoms with van der Waals surface area (Å²) in [6.45, 7) is 1.73. The molecule has 4 heteroatoms. The molecule has 0 saturated carbocycles. The third-order valence-corrected chi connectivity index (χ3v) is 3.09. The number of methoxy groups -OCH3 is 1. The molecule has 0 radical (unpaired) electrons. The molecule has 0 aliphatic carbocycles. The van der Waals surface area contributed by atoms with Gasteiger partial charge in [-0.05, 0) is 25.6 Å².